The van der Waals surface area contributed by atoms with E-state index >= 15 is 0 Å². The Labute approximate surface area is 191 Å². The Bertz CT molecular complexity index is 867. The lowest BCUT2D eigenvalue weighted by Crippen LogP contribution is -2.53. The molecule has 0 saturated carbocycles. The SMILES string of the molecule is CCNC(=NCC1(NC(C)c2ccccc2)CCOCC1)Nc1ccc(OC)c(OC)c1. The van der Waals surface area contributed by atoms with Gasteiger partial charge in [-0.15, -0.1) is 0 Å². The number of benzene rings is 2. The maximum absolute atomic E-state index is 5.66. The summed E-state index contributed by atoms with van der Waals surface area (Å²) in [6.45, 7) is 7.17. The first kappa shape index (κ1) is 23.9. The van der Waals surface area contributed by atoms with Gasteiger partial charge in [-0.3, -0.25) is 4.99 Å². The van der Waals surface area contributed by atoms with Crippen molar-refractivity contribution in [2.75, 3.05) is 45.8 Å². The first-order chi connectivity index (χ1) is 15.6. The van der Waals surface area contributed by atoms with Crippen molar-refractivity contribution in [3.8, 4) is 11.5 Å². The number of hydrogen-bond acceptors (Lipinski definition) is 5. The molecule has 7 heteroatoms. The van der Waals surface area contributed by atoms with Crippen molar-refractivity contribution >= 4 is 11.6 Å². The summed E-state index contributed by atoms with van der Waals surface area (Å²) < 4.78 is 16.4. The van der Waals surface area contributed by atoms with E-state index in [-0.39, 0.29) is 11.6 Å². The zero-order chi connectivity index (χ0) is 22.8. The molecule has 0 spiro atoms. The third-order valence-electron chi connectivity index (χ3n) is 5.80. The average molecular weight is 441 g/mol. The number of methoxy groups -OCH3 is 2. The Kier molecular flexibility index (Phi) is 8.76. The van der Waals surface area contributed by atoms with Gasteiger partial charge in [0.25, 0.3) is 0 Å². The molecule has 32 heavy (non-hydrogen) atoms. The van der Waals surface area contributed by atoms with E-state index in [4.69, 9.17) is 19.2 Å². The number of guanidine groups is 1. The molecule has 0 radical (unpaired) electrons. The molecule has 1 unspecified atom stereocenters. The van der Waals surface area contributed by atoms with Gasteiger partial charge in [0, 0.05) is 43.1 Å². The lowest BCUT2D eigenvalue weighted by molar-refractivity contribution is 0.0375. The lowest BCUT2D eigenvalue weighted by Gasteiger charge is -2.39. The summed E-state index contributed by atoms with van der Waals surface area (Å²) in [7, 11) is 3.27. The van der Waals surface area contributed by atoms with Crippen LogP contribution in [0, 0.1) is 0 Å². The predicted molar refractivity (Wildman–Crippen MR) is 130 cm³/mol. The number of anilines is 1. The van der Waals surface area contributed by atoms with Gasteiger partial charge in [0.2, 0.25) is 0 Å². The monoisotopic (exact) mass is 440 g/mol. The van der Waals surface area contributed by atoms with Gasteiger partial charge in [-0.2, -0.15) is 0 Å². The molecule has 1 aliphatic rings. The van der Waals surface area contributed by atoms with E-state index in [0.717, 1.165) is 44.2 Å². The standard InChI is InChI=1S/C25H36N4O3/c1-5-26-24(28-21-11-12-22(30-3)23(17-21)31-4)27-18-25(13-15-32-16-14-25)29-19(2)20-9-7-6-8-10-20/h6-12,17,19,29H,5,13-16,18H2,1-4H3,(H2,26,27,28). The summed E-state index contributed by atoms with van der Waals surface area (Å²) in [5.41, 5.74) is 2.04. The number of ether oxygens (including phenoxy) is 3. The third-order valence-corrected chi connectivity index (χ3v) is 5.80. The minimum Gasteiger partial charge on any atom is -0.493 e. The van der Waals surface area contributed by atoms with Crippen molar-refractivity contribution in [1.82, 2.24) is 10.6 Å². The van der Waals surface area contributed by atoms with Crippen molar-refractivity contribution in [1.29, 1.82) is 0 Å². The number of aliphatic imine (C=N–C) groups is 1. The average Bonchev–Trinajstić information content (AvgIpc) is 2.83. The largest absolute Gasteiger partial charge is 0.493 e. The molecule has 0 aromatic heterocycles. The van der Waals surface area contributed by atoms with Crippen LogP contribution in [0.15, 0.2) is 53.5 Å². The summed E-state index contributed by atoms with van der Waals surface area (Å²) in [5.74, 6) is 2.10. The van der Waals surface area contributed by atoms with Gasteiger partial charge in [-0.1, -0.05) is 30.3 Å². The van der Waals surface area contributed by atoms with Crippen LogP contribution >= 0.6 is 0 Å². The molecule has 0 amide bonds. The molecule has 2 aromatic rings. The Hall–Kier alpha value is -2.77. The molecule has 1 fully saturated rings. The normalized spacial score (nSPS) is 16.8. The fraction of sp³-hybridized carbons (Fsp3) is 0.480. The van der Waals surface area contributed by atoms with E-state index in [1.165, 1.54) is 5.56 Å². The molecule has 0 aliphatic carbocycles. The van der Waals surface area contributed by atoms with E-state index in [9.17, 15) is 0 Å². The van der Waals surface area contributed by atoms with Gasteiger partial charge in [0.1, 0.15) is 0 Å². The van der Waals surface area contributed by atoms with Crippen molar-refractivity contribution in [2.24, 2.45) is 4.99 Å². The van der Waals surface area contributed by atoms with Gasteiger partial charge in [0.15, 0.2) is 17.5 Å². The molecule has 7 nitrogen and oxygen atoms in total. The van der Waals surface area contributed by atoms with Crippen LogP contribution in [0.3, 0.4) is 0 Å². The highest BCUT2D eigenvalue weighted by Crippen LogP contribution is 2.30. The molecule has 3 rings (SSSR count). The fourth-order valence-corrected chi connectivity index (χ4v) is 3.98. The minimum absolute atomic E-state index is 0.118. The lowest BCUT2D eigenvalue weighted by atomic mass is 9.88. The Morgan fingerprint density at radius 1 is 1.06 bits per heavy atom. The van der Waals surface area contributed by atoms with E-state index in [1.807, 2.05) is 24.3 Å². The second-order valence-electron chi connectivity index (χ2n) is 8.06. The molecule has 3 N–H and O–H groups in total. The summed E-state index contributed by atoms with van der Waals surface area (Å²) in [4.78, 5) is 4.95. The van der Waals surface area contributed by atoms with Crippen molar-refractivity contribution in [3.63, 3.8) is 0 Å². The molecule has 1 saturated heterocycles. The van der Waals surface area contributed by atoms with Crippen LogP contribution in [0.5, 0.6) is 11.5 Å². The van der Waals surface area contributed by atoms with Crippen molar-refractivity contribution in [3.05, 3.63) is 54.1 Å². The molecule has 2 aromatic carbocycles. The summed E-state index contributed by atoms with van der Waals surface area (Å²) in [5, 5.41) is 10.6. The smallest absolute Gasteiger partial charge is 0.195 e. The highest BCUT2D eigenvalue weighted by atomic mass is 16.5. The van der Waals surface area contributed by atoms with Crippen molar-refractivity contribution < 1.29 is 14.2 Å². The number of nitrogens with one attached hydrogen (secondary N) is 3. The van der Waals surface area contributed by atoms with Crippen LogP contribution in [-0.2, 0) is 4.74 Å². The van der Waals surface area contributed by atoms with Gasteiger partial charge in [0.05, 0.1) is 20.8 Å². The topological polar surface area (TPSA) is 76.1 Å². The van der Waals surface area contributed by atoms with Gasteiger partial charge >= 0.3 is 0 Å². The fourth-order valence-electron chi connectivity index (χ4n) is 3.98. The molecular formula is C25H36N4O3. The summed E-state index contributed by atoms with van der Waals surface area (Å²) in [6.07, 6.45) is 1.84. The van der Waals surface area contributed by atoms with Gasteiger partial charge < -0.3 is 30.2 Å². The van der Waals surface area contributed by atoms with E-state index < -0.39 is 0 Å². The first-order valence-electron chi connectivity index (χ1n) is 11.3. The van der Waals surface area contributed by atoms with Crippen LogP contribution < -0.4 is 25.4 Å². The molecule has 0 bridgehead atoms. The maximum atomic E-state index is 5.66. The Balaban J connectivity index is 1.76. The maximum Gasteiger partial charge on any atom is 0.195 e. The second kappa shape index (κ2) is 11.7. The number of rotatable bonds is 9. The van der Waals surface area contributed by atoms with E-state index in [1.54, 1.807) is 14.2 Å². The highest BCUT2D eigenvalue weighted by molar-refractivity contribution is 5.94. The Morgan fingerprint density at radius 2 is 1.78 bits per heavy atom. The van der Waals surface area contributed by atoms with Crippen LogP contribution in [0.4, 0.5) is 5.69 Å². The second-order valence-corrected chi connectivity index (χ2v) is 8.06. The molecular weight excluding hydrogens is 404 g/mol. The highest BCUT2D eigenvalue weighted by Gasteiger charge is 2.34. The van der Waals surface area contributed by atoms with Gasteiger partial charge in [-0.05, 0) is 44.4 Å². The predicted octanol–water partition coefficient (Wildman–Crippen LogP) is 3.98. The summed E-state index contributed by atoms with van der Waals surface area (Å²) >= 11 is 0. The zero-order valence-electron chi connectivity index (χ0n) is 19.6. The molecule has 1 aliphatic heterocycles. The Morgan fingerprint density at radius 3 is 2.44 bits per heavy atom. The first-order valence-corrected chi connectivity index (χ1v) is 11.3. The van der Waals surface area contributed by atoms with Crippen LogP contribution in [0.25, 0.3) is 0 Å². The van der Waals surface area contributed by atoms with E-state index in [0.29, 0.717) is 18.0 Å². The van der Waals surface area contributed by atoms with Crippen LogP contribution in [-0.4, -0.2) is 52.0 Å². The zero-order valence-corrected chi connectivity index (χ0v) is 19.6. The van der Waals surface area contributed by atoms with Crippen molar-refractivity contribution in [2.45, 2.75) is 38.3 Å². The minimum atomic E-state index is -0.118. The van der Waals surface area contributed by atoms with Gasteiger partial charge in [-0.25, -0.2) is 0 Å². The molecule has 1 heterocycles. The van der Waals surface area contributed by atoms with Crippen LogP contribution in [0.1, 0.15) is 38.3 Å². The quantitative estimate of drug-likeness (QED) is 0.405. The molecule has 174 valence electrons. The summed E-state index contributed by atoms with van der Waals surface area (Å²) in [6, 6.07) is 16.5. The number of nitrogens with zero attached hydrogens (tertiary/aromatic N) is 1. The van der Waals surface area contributed by atoms with Crippen LogP contribution in [0.2, 0.25) is 0 Å². The molecule has 1 atom stereocenters. The third kappa shape index (κ3) is 6.37. The van der Waals surface area contributed by atoms with E-state index in [2.05, 4.69) is 54.1 Å². The number of hydrogen-bond donors (Lipinski definition) is 3.